The molecule has 4 rings (SSSR count). The number of benzene rings is 3. The monoisotopic (exact) mass is 654 g/mol. The van der Waals surface area contributed by atoms with E-state index in [0.29, 0.717) is 5.56 Å². The number of aromatic hydroxyl groups is 3. The third-order valence-corrected chi connectivity index (χ3v) is 6.91. The Morgan fingerprint density at radius 2 is 1.34 bits per heavy atom. The number of carboxylic acids is 1. The molecule has 0 atom stereocenters. The van der Waals surface area contributed by atoms with E-state index in [1.54, 1.807) is 26.1 Å². The van der Waals surface area contributed by atoms with E-state index in [9.17, 15) is 42.9 Å². The van der Waals surface area contributed by atoms with Gasteiger partial charge in [0.15, 0.2) is 5.76 Å². The maximum absolute atomic E-state index is 13.4. The number of hydrogen-bond acceptors (Lipinski definition) is 9. The molecule has 246 valence electrons. The molecule has 0 unspecified atom stereocenters. The van der Waals surface area contributed by atoms with Gasteiger partial charge < -0.3 is 35.8 Å². The number of ketones is 1. The summed E-state index contributed by atoms with van der Waals surface area (Å²) in [7, 11) is 0. The van der Waals surface area contributed by atoms with Crippen molar-refractivity contribution in [3.63, 3.8) is 0 Å². The zero-order valence-electron chi connectivity index (χ0n) is 25.3. The van der Waals surface area contributed by atoms with Crippen LogP contribution in [0.15, 0.2) is 78.5 Å². The number of aliphatic carboxylic acids is 1. The van der Waals surface area contributed by atoms with Gasteiger partial charge in [-0.3, -0.25) is 9.59 Å². The summed E-state index contributed by atoms with van der Waals surface area (Å²) in [5.41, 5.74) is 3.46. The van der Waals surface area contributed by atoms with Crippen molar-refractivity contribution in [1.29, 1.82) is 0 Å². The van der Waals surface area contributed by atoms with Crippen molar-refractivity contribution in [2.24, 2.45) is 0 Å². The van der Waals surface area contributed by atoms with Crippen molar-refractivity contribution in [3.05, 3.63) is 123 Å². The summed E-state index contributed by atoms with van der Waals surface area (Å²) in [4.78, 5) is 48.0. The third kappa shape index (κ3) is 8.57. The Bertz CT molecular complexity index is 1790. The number of carbonyl (C=O) groups is 4. The smallest absolute Gasteiger partial charge is 0.490 e. The van der Waals surface area contributed by atoms with E-state index in [4.69, 9.17) is 14.6 Å². The number of carboxylic acid groups (broad SMARTS) is 1. The van der Waals surface area contributed by atoms with Crippen LogP contribution in [0.5, 0.6) is 17.2 Å². The summed E-state index contributed by atoms with van der Waals surface area (Å²) in [6.07, 6.45) is 0.850. The Hall–Kier alpha value is -6.05. The van der Waals surface area contributed by atoms with Crippen molar-refractivity contribution in [2.45, 2.75) is 33.9 Å². The molecule has 14 heteroatoms. The van der Waals surface area contributed by atoms with E-state index in [-0.39, 0.29) is 33.9 Å². The second-order valence-corrected chi connectivity index (χ2v) is 10.2. The van der Waals surface area contributed by atoms with Crippen LogP contribution in [0.25, 0.3) is 0 Å². The largest absolute Gasteiger partial charge is 0.508 e. The highest BCUT2D eigenvalue weighted by Crippen LogP contribution is 2.34. The number of alkyl halides is 3. The Labute approximate surface area is 265 Å². The first-order chi connectivity index (χ1) is 21.9. The number of carbonyl (C=O) groups excluding carboxylic acids is 3. The second kappa shape index (κ2) is 14.4. The number of amides is 1. The van der Waals surface area contributed by atoms with Crippen LogP contribution in [-0.4, -0.2) is 50.2 Å². The molecule has 0 radical (unpaired) electrons. The summed E-state index contributed by atoms with van der Waals surface area (Å²) in [6.45, 7) is 7.34. The molecule has 0 bridgehead atoms. The summed E-state index contributed by atoms with van der Waals surface area (Å²) >= 11 is 0. The van der Waals surface area contributed by atoms with Gasteiger partial charge in [-0.2, -0.15) is 13.2 Å². The van der Waals surface area contributed by atoms with Crippen LogP contribution in [0, 0.1) is 27.7 Å². The lowest BCUT2D eigenvalue weighted by atomic mass is 9.88. The highest BCUT2D eigenvalue weighted by molar-refractivity contribution is 6.15. The zero-order chi connectivity index (χ0) is 35.2. The number of esters is 1. The van der Waals surface area contributed by atoms with Gasteiger partial charge in [-0.25, -0.2) is 9.59 Å². The molecule has 1 heterocycles. The number of rotatable bonds is 6. The minimum Gasteiger partial charge on any atom is -0.508 e. The fourth-order valence-corrected chi connectivity index (χ4v) is 4.28. The van der Waals surface area contributed by atoms with Crippen LogP contribution in [0.4, 0.5) is 13.2 Å². The van der Waals surface area contributed by atoms with E-state index < -0.39 is 41.3 Å². The number of ether oxygens (including phenoxy) is 1. The van der Waals surface area contributed by atoms with Crippen molar-refractivity contribution in [2.75, 3.05) is 0 Å². The van der Waals surface area contributed by atoms with Gasteiger partial charge in [0.1, 0.15) is 28.5 Å². The number of phenols is 3. The SMILES string of the molecule is Cc1cc(C)c(C)c(C(=O)c2c(O)cc(C(=O)OC3=CC=CNC=C3NC(=O)c3ccc(O)cc3)cc2O)c1C.O=C(O)C(F)(F)F. The van der Waals surface area contributed by atoms with Crippen molar-refractivity contribution >= 4 is 23.6 Å². The van der Waals surface area contributed by atoms with Gasteiger partial charge in [0.25, 0.3) is 5.91 Å². The summed E-state index contributed by atoms with van der Waals surface area (Å²) in [5.74, 6) is -5.98. The van der Waals surface area contributed by atoms with E-state index >= 15 is 0 Å². The van der Waals surface area contributed by atoms with E-state index in [1.807, 2.05) is 19.9 Å². The lowest BCUT2D eigenvalue weighted by Crippen LogP contribution is -2.26. The van der Waals surface area contributed by atoms with Crippen LogP contribution in [0.1, 0.15) is 58.9 Å². The predicted octanol–water partition coefficient (Wildman–Crippen LogP) is 5.33. The maximum Gasteiger partial charge on any atom is 0.490 e. The van der Waals surface area contributed by atoms with Crippen LogP contribution >= 0.6 is 0 Å². The molecule has 0 aromatic heterocycles. The standard InChI is InChI=1S/C31H28N2O7.C2HF3O2/c1-16-12-17(2)19(4)27(18(16)3)29(37)28-24(35)13-21(14-25(28)36)31(39)40-26-6-5-11-32-15-23(26)33-30(38)20-7-9-22(34)10-8-20;3-2(4,5)1(6)7/h5-15,32,34-36H,1-4H3,(H,33,38);(H,6,7). The zero-order valence-corrected chi connectivity index (χ0v) is 25.3. The molecule has 0 fully saturated rings. The Morgan fingerprint density at radius 3 is 1.85 bits per heavy atom. The van der Waals surface area contributed by atoms with Crippen molar-refractivity contribution in [3.8, 4) is 17.2 Å². The fourth-order valence-electron chi connectivity index (χ4n) is 4.28. The molecular formula is C33H29F3N2O9. The summed E-state index contributed by atoms with van der Waals surface area (Å²) in [5, 5.41) is 43.5. The van der Waals surface area contributed by atoms with Gasteiger partial charge in [-0.05, 0) is 98.5 Å². The minimum absolute atomic E-state index is 0.00380. The maximum atomic E-state index is 13.4. The van der Waals surface area contributed by atoms with Crippen LogP contribution in [-0.2, 0) is 9.53 Å². The lowest BCUT2D eigenvalue weighted by Gasteiger charge is -2.16. The van der Waals surface area contributed by atoms with Crippen molar-refractivity contribution < 1.29 is 57.5 Å². The molecule has 11 nitrogen and oxygen atoms in total. The Morgan fingerprint density at radius 1 is 0.809 bits per heavy atom. The number of halogens is 3. The molecule has 0 saturated heterocycles. The molecule has 6 N–H and O–H groups in total. The molecule has 0 saturated carbocycles. The van der Waals surface area contributed by atoms with E-state index in [1.165, 1.54) is 36.5 Å². The van der Waals surface area contributed by atoms with Crippen LogP contribution < -0.4 is 10.6 Å². The van der Waals surface area contributed by atoms with Crippen molar-refractivity contribution in [1.82, 2.24) is 10.6 Å². The normalized spacial score (nSPS) is 12.3. The highest BCUT2D eigenvalue weighted by atomic mass is 19.4. The molecule has 3 aromatic carbocycles. The first-order valence-electron chi connectivity index (χ1n) is 13.6. The minimum atomic E-state index is -5.08. The van der Waals surface area contributed by atoms with E-state index in [2.05, 4.69) is 10.6 Å². The van der Waals surface area contributed by atoms with Gasteiger partial charge in [-0.1, -0.05) is 6.07 Å². The molecule has 1 amide bonds. The topological polar surface area (TPSA) is 182 Å². The number of allylic oxidation sites excluding steroid dienone is 2. The first-order valence-corrected chi connectivity index (χ1v) is 13.6. The average Bonchev–Trinajstić information content (AvgIpc) is 3.20. The van der Waals surface area contributed by atoms with Gasteiger partial charge in [0.05, 0.1) is 5.56 Å². The molecule has 3 aromatic rings. The fraction of sp³-hybridized carbons (Fsp3) is 0.152. The second-order valence-electron chi connectivity index (χ2n) is 10.2. The number of nitrogens with one attached hydrogen (secondary N) is 2. The lowest BCUT2D eigenvalue weighted by molar-refractivity contribution is -0.192. The number of hydrogen-bond donors (Lipinski definition) is 6. The summed E-state index contributed by atoms with van der Waals surface area (Å²) in [6, 6.07) is 9.64. The Balaban J connectivity index is 0.000000771. The number of aryl methyl sites for hydroxylation is 2. The third-order valence-electron chi connectivity index (χ3n) is 6.91. The molecule has 1 aliphatic heterocycles. The van der Waals surface area contributed by atoms with Gasteiger partial charge in [0, 0.05) is 23.5 Å². The van der Waals surface area contributed by atoms with Crippen LogP contribution in [0.2, 0.25) is 0 Å². The molecule has 47 heavy (non-hydrogen) atoms. The molecular weight excluding hydrogens is 625 g/mol. The van der Waals surface area contributed by atoms with Gasteiger partial charge in [0.2, 0.25) is 5.78 Å². The van der Waals surface area contributed by atoms with E-state index in [0.717, 1.165) is 34.4 Å². The predicted molar refractivity (Wildman–Crippen MR) is 162 cm³/mol. The van der Waals surface area contributed by atoms with Gasteiger partial charge >= 0.3 is 18.1 Å². The highest BCUT2D eigenvalue weighted by Gasteiger charge is 2.38. The molecule has 1 aliphatic rings. The quantitative estimate of drug-likeness (QED) is 0.150. The van der Waals surface area contributed by atoms with Crippen LogP contribution in [0.3, 0.4) is 0 Å². The average molecular weight is 655 g/mol. The Kier molecular flexibility index (Phi) is 10.8. The molecule has 0 spiro atoms. The number of phenolic OH excluding ortho intramolecular Hbond substituents is 3. The summed E-state index contributed by atoms with van der Waals surface area (Å²) < 4.78 is 37.2. The molecule has 0 aliphatic carbocycles. The first kappa shape index (κ1) is 35.4. The van der Waals surface area contributed by atoms with Gasteiger partial charge in [-0.15, -0.1) is 0 Å².